The molecule has 4 aliphatic heterocycles. The number of carbonyl (C=O) groups excluding carboxylic acids is 1. The van der Waals surface area contributed by atoms with Crippen LogP contribution < -0.4 is 4.74 Å². The van der Waals surface area contributed by atoms with Crippen LogP contribution in [0, 0.1) is 0 Å². The number of fused-ring (bicyclic) bond motifs is 5. The zero-order chi connectivity index (χ0) is 27.9. The third-order valence-corrected chi connectivity index (χ3v) is 10.7. The molecule has 0 aromatic heterocycles. The van der Waals surface area contributed by atoms with Crippen molar-refractivity contribution in [3.8, 4) is 5.75 Å². The summed E-state index contributed by atoms with van der Waals surface area (Å²) in [6.45, 7) is 5.18. The summed E-state index contributed by atoms with van der Waals surface area (Å²) in [4.78, 5) is 14.4. The van der Waals surface area contributed by atoms with E-state index in [2.05, 4.69) is 31.2 Å². The van der Waals surface area contributed by atoms with Gasteiger partial charge < -0.3 is 14.1 Å². The van der Waals surface area contributed by atoms with Crippen LogP contribution in [0.25, 0.3) is 5.47 Å². The second kappa shape index (κ2) is 14.5. The van der Waals surface area contributed by atoms with E-state index in [0.29, 0.717) is 36.9 Å². The van der Waals surface area contributed by atoms with E-state index in [0.717, 1.165) is 24.2 Å². The Bertz CT molecular complexity index is 960. The van der Waals surface area contributed by atoms with Gasteiger partial charge in [0.2, 0.25) is 0 Å². The molecule has 0 aliphatic carbocycles. The molecule has 4 fully saturated rings. The van der Waals surface area contributed by atoms with Crippen LogP contribution in [0.1, 0.15) is 122 Å². The van der Waals surface area contributed by atoms with Crippen LogP contribution in [0.15, 0.2) is 29.8 Å². The van der Waals surface area contributed by atoms with Gasteiger partial charge in [0.25, 0.3) is 0 Å². The molecule has 218 valence electrons. The molecular formula is C34H52B2O4. The number of benzene rings is 1. The molecule has 4 bridgehead atoms. The second-order valence-electron chi connectivity index (χ2n) is 13.1. The first-order valence-electron chi connectivity index (χ1n) is 16.9. The molecule has 4 saturated heterocycles. The van der Waals surface area contributed by atoms with Crippen LogP contribution in [-0.2, 0) is 14.2 Å². The van der Waals surface area contributed by atoms with Gasteiger partial charge in [-0.3, -0.25) is 0 Å². The van der Waals surface area contributed by atoms with E-state index in [1.807, 2.05) is 6.92 Å². The molecule has 5 rings (SSSR count). The van der Waals surface area contributed by atoms with Crippen LogP contribution in [0.2, 0.25) is 23.3 Å². The Morgan fingerprint density at radius 3 is 2.05 bits per heavy atom. The van der Waals surface area contributed by atoms with E-state index in [4.69, 9.17) is 14.1 Å². The number of rotatable bonds is 11. The van der Waals surface area contributed by atoms with Gasteiger partial charge >= 0.3 is 12.9 Å². The minimum absolute atomic E-state index is 0.0825. The molecule has 4 aliphatic rings. The average molecular weight is 546 g/mol. The normalized spacial score (nSPS) is 27.9. The fourth-order valence-corrected chi connectivity index (χ4v) is 8.93. The maximum absolute atomic E-state index is 14.4. The van der Waals surface area contributed by atoms with Crippen molar-refractivity contribution >= 4 is 25.1 Å². The molecular weight excluding hydrogens is 494 g/mol. The standard InChI is InChI=1S/C34H52B2O4/c1-4-6-7-20-31(36-28-16-10-18-30(40-36)19-11-17-28)32(34(37)39-5-2)33(25-21-23-29(38-3)24-22-25)35-26-12-8-13-27(35)15-9-14-26/h21-24,26-28,30-31H,4-20H2,1-3H3/b33-32-. The summed E-state index contributed by atoms with van der Waals surface area (Å²) in [7, 11) is 1.73. The summed E-state index contributed by atoms with van der Waals surface area (Å²) in [5, 5.41) is 0. The Kier molecular flexibility index (Phi) is 10.8. The molecule has 0 spiro atoms. The topological polar surface area (TPSA) is 44.8 Å². The molecule has 0 amide bonds. The van der Waals surface area contributed by atoms with Crippen LogP contribution in [0.4, 0.5) is 0 Å². The molecule has 0 N–H and O–H groups in total. The lowest BCUT2D eigenvalue weighted by molar-refractivity contribution is -0.138. The van der Waals surface area contributed by atoms with Crippen LogP contribution in [0.5, 0.6) is 5.75 Å². The largest absolute Gasteiger partial charge is 0.497 e. The highest BCUT2D eigenvalue weighted by Crippen LogP contribution is 2.54. The molecule has 1 unspecified atom stereocenters. The van der Waals surface area contributed by atoms with Gasteiger partial charge in [0.15, 0.2) is 6.71 Å². The van der Waals surface area contributed by atoms with Crippen LogP contribution in [-0.4, -0.2) is 39.4 Å². The Balaban J connectivity index is 1.70. The third kappa shape index (κ3) is 6.69. The maximum Gasteiger partial charge on any atom is 0.333 e. The molecule has 0 radical (unpaired) electrons. The predicted octanol–water partition coefficient (Wildman–Crippen LogP) is 9.22. The Hall–Kier alpha value is -1.68. The summed E-state index contributed by atoms with van der Waals surface area (Å²) in [5.41, 5.74) is 3.48. The van der Waals surface area contributed by atoms with Gasteiger partial charge in [-0.1, -0.05) is 126 Å². The van der Waals surface area contributed by atoms with E-state index in [9.17, 15) is 4.79 Å². The quantitative estimate of drug-likeness (QED) is 0.120. The van der Waals surface area contributed by atoms with Crippen LogP contribution in [0.3, 0.4) is 0 Å². The highest BCUT2D eigenvalue weighted by atomic mass is 16.5. The van der Waals surface area contributed by atoms with E-state index >= 15 is 0 Å². The predicted molar refractivity (Wildman–Crippen MR) is 167 cm³/mol. The minimum Gasteiger partial charge on any atom is -0.497 e. The Morgan fingerprint density at radius 2 is 1.48 bits per heavy atom. The van der Waals surface area contributed by atoms with E-state index in [1.54, 1.807) is 7.11 Å². The van der Waals surface area contributed by atoms with Gasteiger partial charge in [0.05, 0.1) is 13.7 Å². The zero-order valence-corrected chi connectivity index (χ0v) is 25.5. The SMILES string of the molecule is CCCCCC(B1OC2CCCC1CCC2)/C(C(=O)OCC)=C(/B1C2CCCC1CCC2)c1ccc(OC)cc1. The van der Waals surface area contributed by atoms with Crippen molar-refractivity contribution in [2.24, 2.45) is 0 Å². The lowest BCUT2D eigenvalue weighted by Gasteiger charge is -2.43. The first-order chi connectivity index (χ1) is 19.6. The smallest absolute Gasteiger partial charge is 0.333 e. The van der Waals surface area contributed by atoms with Crippen LogP contribution >= 0.6 is 0 Å². The van der Waals surface area contributed by atoms with Gasteiger partial charge in [-0.05, 0) is 49.1 Å². The number of carbonyl (C=O) groups is 1. The lowest BCUT2D eigenvalue weighted by atomic mass is 9.22. The summed E-state index contributed by atoms with van der Waals surface area (Å²) in [6, 6.07) is 8.59. The number of hydrogen-bond donors (Lipinski definition) is 0. The van der Waals surface area contributed by atoms with Gasteiger partial charge in [-0.15, -0.1) is 0 Å². The first-order valence-corrected chi connectivity index (χ1v) is 16.9. The van der Waals surface area contributed by atoms with Gasteiger partial charge in [-0.2, -0.15) is 0 Å². The van der Waals surface area contributed by atoms with E-state index in [-0.39, 0.29) is 18.7 Å². The first kappa shape index (κ1) is 29.8. The highest BCUT2D eigenvalue weighted by Gasteiger charge is 2.48. The highest BCUT2D eigenvalue weighted by molar-refractivity contribution is 6.83. The molecule has 0 saturated carbocycles. The fraction of sp³-hybridized carbons (Fsp3) is 0.735. The summed E-state index contributed by atoms with van der Waals surface area (Å²) in [6.07, 6.45) is 19.9. The zero-order valence-electron chi connectivity index (χ0n) is 25.5. The van der Waals surface area contributed by atoms with E-state index < -0.39 is 0 Å². The molecule has 1 aromatic carbocycles. The monoisotopic (exact) mass is 546 g/mol. The Labute approximate surface area is 244 Å². The minimum atomic E-state index is -0.0825. The number of esters is 1. The lowest BCUT2D eigenvalue weighted by Crippen LogP contribution is -2.40. The van der Waals surface area contributed by atoms with Crippen molar-refractivity contribution in [3.05, 3.63) is 35.4 Å². The van der Waals surface area contributed by atoms with E-state index in [1.165, 1.54) is 101 Å². The molecule has 4 heterocycles. The molecule has 6 heteroatoms. The van der Waals surface area contributed by atoms with Gasteiger partial charge in [-0.25, -0.2) is 4.79 Å². The molecule has 40 heavy (non-hydrogen) atoms. The summed E-state index contributed by atoms with van der Waals surface area (Å²) in [5.74, 6) is 2.71. The fourth-order valence-electron chi connectivity index (χ4n) is 8.93. The summed E-state index contributed by atoms with van der Waals surface area (Å²) < 4.78 is 18.6. The van der Waals surface area contributed by atoms with Crippen molar-refractivity contribution in [2.75, 3.05) is 13.7 Å². The molecule has 1 aromatic rings. The van der Waals surface area contributed by atoms with Crippen molar-refractivity contribution in [1.29, 1.82) is 0 Å². The summed E-state index contributed by atoms with van der Waals surface area (Å²) >= 11 is 0. The third-order valence-electron chi connectivity index (χ3n) is 10.7. The van der Waals surface area contributed by atoms with Gasteiger partial charge in [0, 0.05) is 11.7 Å². The number of ether oxygens (including phenoxy) is 2. The molecule has 1 atom stereocenters. The number of hydrogen-bond acceptors (Lipinski definition) is 4. The van der Waals surface area contributed by atoms with Crippen molar-refractivity contribution in [3.63, 3.8) is 0 Å². The Morgan fingerprint density at radius 1 is 0.875 bits per heavy atom. The molecule has 4 nitrogen and oxygen atoms in total. The maximum atomic E-state index is 14.4. The number of unbranched alkanes of at least 4 members (excludes halogenated alkanes) is 2. The average Bonchev–Trinajstić information content (AvgIpc) is 3.28. The van der Waals surface area contributed by atoms with Crippen molar-refractivity contribution < 1.29 is 18.9 Å². The second-order valence-corrected chi connectivity index (χ2v) is 13.1. The van der Waals surface area contributed by atoms with Crippen molar-refractivity contribution in [2.45, 2.75) is 146 Å². The van der Waals surface area contributed by atoms with Gasteiger partial charge in [0.1, 0.15) is 5.75 Å². The number of methoxy groups -OCH3 is 1. The van der Waals surface area contributed by atoms with Crippen molar-refractivity contribution in [1.82, 2.24) is 0 Å².